The minimum atomic E-state index is -1.28. The molecule has 105 heavy (non-hydrogen) atoms. The first-order valence-corrected chi connectivity index (χ1v) is 44.6. The van der Waals surface area contributed by atoms with Crippen LogP contribution in [0.5, 0.6) is 46.0 Å². The topological polar surface area (TPSA) is 145 Å². The second-order valence-corrected chi connectivity index (χ2v) is 30.6. The molecule has 12 heteroatoms. The van der Waals surface area contributed by atoms with Crippen LogP contribution in [0, 0.1) is 0 Å². The standard InChI is InChI=1S/C93H158O12/c1-7-13-19-25-31-37-43-49-55-61-67-98-85-75-81(76-86(99-68-62-56-50-44-38-32-26-20-14-8-2)89(85)102-71-65-59-53-47-41-35-29-23-17-11-5)92(96)104-83-73-80(91(94)95)74-84(79-83)105-93(97)82-77-87(100-69-63-57-51-45-39-33-27-21-15-9-3)90(103-72-66-60-54-48-42-36-30-24-18-12-6)88(78-82)101-70-64-58-52-46-40-34-28-22-16-10-4/h73-79H,7-72H2,1-6H3,(H,94,95). The van der Waals surface area contributed by atoms with Crippen molar-refractivity contribution in [1.82, 2.24) is 0 Å². The zero-order chi connectivity index (χ0) is 75.4. The average Bonchev–Trinajstić information content (AvgIpc) is 0.814. The molecule has 0 saturated carbocycles. The summed E-state index contributed by atoms with van der Waals surface area (Å²) in [5, 5.41) is 10.5. The van der Waals surface area contributed by atoms with Gasteiger partial charge < -0.3 is 43.0 Å². The number of hydrogen-bond donors (Lipinski definition) is 1. The quantitative estimate of drug-likeness (QED) is 0.0326. The van der Waals surface area contributed by atoms with Crippen molar-refractivity contribution in [2.75, 3.05) is 39.6 Å². The minimum Gasteiger partial charge on any atom is -0.490 e. The van der Waals surface area contributed by atoms with Crippen molar-refractivity contribution in [3.63, 3.8) is 0 Å². The van der Waals surface area contributed by atoms with Gasteiger partial charge in [-0.25, -0.2) is 14.4 Å². The molecule has 0 aromatic heterocycles. The summed E-state index contributed by atoms with van der Waals surface area (Å²) in [7, 11) is 0. The Bertz CT molecular complexity index is 2290. The van der Waals surface area contributed by atoms with Crippen molar-refractivity contribution in [2.45, 2.75) is 427 Å². The lowest BCUT2D eigenvalue weighted by atomic mass is 10.1. The molecule has 0 heterocycles. The van der Waals surface area contributed by atoms with Crippen LogP contribution in [-0.2, 0) is 0 Å². The summed E-state index contributed by atoms with van der Waals surface area (Å²) >= 11 is 0. The van der Waals surface area contributed by atoms with Crippen LogP contribution in [0.25, 0.3) is 0 Å². The monoisotopic (exact) mass is 1470 g/mol. The third kappa shape index (κ3) is 49.5. The van der Waals surface area contributed by atoms with Gasteiger partial charge >= 0.3 is 17.9 Å². The van der Waals surface area contributed by atoms with Gasteiger partial charge in [-0.05, 0) is 74.9 Å². The lowest BCUT2D eigenvalue weighted by Gasteiger charge is -2.19. The van der Waals surface area contributed by atoms with Gasteiger partial charge in [-0.15, -0.1) is 0 Å². The maximum Gasteiger partial charge on any atom is 0.343 e. The molecule has 602 valence electrons. The van der Waals surface area contributed by atoms with E-state index < -0.39 is 17.9 Å². The molecular formula is C93H158O12. The number of carbonyl (C=O) groups excluding carboxylic acids is 2. The maximum absolute atomic E-state index is 14.7. The molecular weight excluding hydrogens is 1310 g/mol. The Hall–Kier alpha value is -5.13. The van der Waals surface area contributed by atoms with E-state index in [1.807, 2.05) is 0 Å². The number of carboxylic acid groups (broad SMARTS) is 1. The number of carboxylic acids is 1. The third-order valence-electron chi connectivity index (χ3n) is 20.6. The van der Waals surface area contributed by atoms with E-state index in [0.29, 0.717) is 74.1 Å². The molecule has 3 rings (SSSR count). The first-order chi connectivity index (χ1) is 51.7. The Morgan fingerprint density at radius 3 is 0.571 bits per heavy atom. The lowest BCUT2D eigenvalue weighted by molar-refractivity contribution is 0.0679. The van der Waals surface area contributed by atoms with Gasteiger partial charge in [-0.2, -0.15) is 0 Å². The lowest BCUT2D eigenvalue weighted by Crippen LogP contribution is -2.14. The van der Waals surface area contributed by atoms with Crippen LogP contribution in [0.1, 0.15) is 458 Å². The highest BCUT2D eigenvalue weighted by molar-refractivity contribution is 5.95. The average molecular weight is 1470 g/mol. The first kappa shape index (κ1) is 94.1. The summed E-state index contributed by atoms with van der Waals surface area (Å²) in [5.74, 6) is -0.412. The van der Waals surface area contributed by atoms with Crippen LogP contribution in [0.15, 0.2) is 42.5 Å². The van der Waals surface area contributed by atoms with Crippen molar-refractivity contribution in [2.24, 2.45) is 0 Å². The molecule has 0 fully saturated rings. The van der Waals surface area contributed by atoms with Crippen molar-refractivity contribution >= 4 is 17.9 Å². The molecule has 0 spiro atoms. The molecule has 0 aliphatic heterocycles. The fourth-order valence-corrected chi connectivity index (χ4v) is 13.9. The van der Waals surface area contributed by atoms with E-state index in [4.69, 9.17) is 37.9 Å². The molecule has 0 bridgehead atoms. The van der Waals surface area contributed by atoms with Gasteiger partial charge in [-0.3, -0.25) is 0 Å². The van der Waals surface area contributed by atoms with Crippen LogP contribution in [0.2, 0.25) is 0 Å². The highest BCUT2D eigenvalue weighted by atomic mass is 16.6. The number of carbonyl (C=O) groups is 3. The number of benzene rings is 3. The Kier molecular flexibility index (Phi) is 61.1. The van der Waals surface area contributed by atoms with Crippen LogP contribution >= 0.6 is 0 Å². The molecule has 3 aromatic rings. The van der Waals surface area contributed by atoms with Crippen molar-refractivity contribution in [3.8, 4) is 46.0 Å². The van der Waals surface area contributed by atoms with Crippen LogP contribution < -0.4 is 37.9 Å². The van der Waals surface area contributed by atoms with Gasteiger partial charge in [0.15, 0.2) is 23.0 Å². The number of rotatable bonds is 77. The highest BCUT2D eigenvalue weighted by Gasteiger charge is 2.25. The SMILES string of the molecule is CCCCCCCCCCCCOc1cc(C(=O)Oc2cc(OC(=O)c3cc(OCCCCCCCCCCCC)c(OCCCCCCCCCCCC)c(OCCCCCCCCCCCC)c3)cc(C(=O)O)c2)cc(OCCCCCCCCCCCC)c1OCCCCCCCCCCCC. The fourth-order valence-electron chi connectivity index (χ4n) is 13.9. The van der Waals surface area contributed by atoms with Gasteiger partial charge in [-0.1, -0.05) is 388 Å². The van der Waals surface area contributed by atoms with Gasteiger partial charge in [0.25, 0.3) is 0 Å². The highest BCUT2D eigenvalue weighted by Crippen LogP contribution is 2.42. The Labute approximate surface area is 643 Å². The van der Waals surface area contributed by atoms with E-state index in [1.54, 1.807) is 24.3 Å². The minimum absolute atomic E-state index is 0.110. The summed E-state index contributed by atoms with van der Waals surface area (Å²) in [5.41, 5.74) is 0.0855. The molecule has 0 unspecified atom stereocenters. The van der Waals surface area contributed by atoms with Gasteiger partial charge in [0.2, 0.25) is 11.5 Å². The van der Waals surface area contributed by atoms with Crippen LogP contribution in [0.4, 0.5) is 0 Å². The van der Waals surface area contributed by atoms with E-state index in [2.05, 4.69) is 41.5 Å². The molecule has 3 aromatic carbocycles. The largest absolute Gasteiger partial charge is 0.490 e. The number of hydrogen-bond acceptors (Lipinski definition) is 11. The van der Waals surface area contributed by atoms with E-state index in [-0.39, 0.29) is 28.2 Å². The maximum atomic E-state index is 14.7. The fraction of sp³-hybridized carbons (Fsp3) is 0.774. The normalized spacial score (nSPS) is 11.3. The summed E-state index contributed by atoms with van der Waals surface area (Å²) in [4.78, 5) is 42.3. The van der Waals surface area contributed by atoms with Crippen molar-refractivity contribution in [3.05, 3.63) is 59.2 Å². The summed E-state index contributed by atoms with van der Waals surface area (Å²) in [6, 6.07) is 10.6. The van der Waals surface area contributed by atoms with E-state index in [9.17, 15) is 19.5 Å². The molecule has 0 aliphatic carbocycles. The number of ether oxygens (including phenoxy) is 8. The van der Waals surface area contributed by atoms with Crippen molar-refractivity contribution in [1.29, 1.82) is 0 Å². The van der Waals surface area contributed by atoms with Gasteiger partial charge in [0, 0.05) is 6.07 Å². The van der Waals surface area contributed by atoms with Gasteiger partial charge in [0.1, 0.15) is 11.5 Å². The van der Waals surface area contributed by atoms with Gasteiger partial charge in [0.05, 0.1) is 56.3 Å². The van der Waals surface area contributed by atoms with E-state index in [1.165, 1.54) is 288 Å². The number of aromatic carboxylic acids is 1. The smallest absolute Gasteiger partial charge is 0.343 e. The Morgan fingerprint density at radius 1 is 0.219 bits per heavy atom. The van der Waals surface area contributed by atoms with E-state index >= 15 is 0 Å². The summed E-state index contributed by atoms with van der Waals surface area (Å²) in [6.45, 7) is 16.3. The molecule has 0 aliphatic rings. The predicted octanol–water partition coefficient (Wildman–Crippen LogP) is 29.6. The Balaban J connectivity index is 1.99. The molecule has 0 amide bonds. The number of unbranched alkanes of at least 4 members (excludes halogenated alkanes) is 54. The summed E-state index contributed by atoms with van der Waals surface area (Å²) < 4.78 is 52.0. The zero-order valence-electron chi connectivity index (χ0n) is 68.6. The predicted molar refractivity (Wildman–Crippen MR) is 440 cm³/mol. The van der Waals surface area contributed by atoms with Crippen molar-refractivity contribution < 1.29 is 57.4 Å². The molecule has 0 radical (unpaired) electrons. The van der Waals surface area contributed by atoms with Crippen LogP contribution in [0.3, 0.4) is 0 Å². The van der Waals surface area contributed by atoms with Crippen LogP contribution in [-0.4, -0.2) is 62.7 Å². The molecule has 0 saturated heterocycles. The molecule has 0 atom stereocenters. The second kappa shape index (κ2) is 68.2. The molecule has 12 nitrogen and oxygen atoms in total. The Morgan fingerprint density at radius 2 is 0.390 bits per heavy atom. The second-order valence-electron chi connectivity index (χ2n) is 30.6. The first-order valence-electron chi connectivity index (χ1n) is 44.6. The van der Waals surface area contributed by atoms with E-state index in [0.717, 1.165) is 116 Å². The third-order valence-corrected chi connectivity index (χ3v) is 20.6. The zero-order valence-corrected chi connectivity index (χ0v) is 68.6. The molecule has 1 N–H and O–H groups in total. The summed E-state index contributed by atoms with van der Waals surface area (Å²) in [6.07, 6.45) is 71.9. The number of esters is 2.